The zero-order valence-electron chi connectivity index (χ0n) is 11.0. The number of aromatic nitrogens is 2. The minimum absolute atomic E-state index is 0.0118. The van der Waals surface area contributed by atoms with Crippen molar-refractivity contribution in [3.05, 3.63) is 22.7 Å². The quantitative estimate of drug-likeness (QED) is 0.453. The molecule has 1 aromatic rings. The molecule has 1 saturated heterocycles. The molecular weight excluding hydrogens is 305 g/mol. The third-order valence-electron chi connectivity index (χ3n) is 3.04. The lowest BCUT2D eigenvalue weighted by molar-refractivity contribution is -0.131. The van der Waals surface area contributed by atoms with Crippen LogP contribution in [0.1, 0.15) is 0 Å². The molecule has 11 heteroatoms. The minimum Gasteiger partial charge on any atom is -0.383 e. The maximum absolute atomic E-state index is 11.8. The normalized spacial score (nSPS) is 26.1. The first-order valence-electron chi connectivity index (χ1n) is 6.04. The number of rotatable bonds is 5. The van der Waals surface area contributed by atoms with Gasteiger partial charge in [0.05, 0.1) is 26.0 Å². The number of aliphatic hydroxyl groups is 1. The summed E-state index contributed by atoms with van der Waals surface area (Å²) >= 11 is 0. The highest BCUT2D eigenvalue weighted by molar-refractivity contribution is 7.51. The Morgan fingerprint density at radius 2 is 2.33 bits per heavy atom. The van der Waals surface area contributed by atoms with Gasteiger partial charge in [0.25, 0.3) is 0 Å². The lowest BCUT2D eigenvalue weighted by Gasteiger charge is -2.29. The molecule has 0 spiro atoms. The third kappa shape index (κ3) is 3.67. The van der Waals surface area contributed by atoms with Crippen LogP contribution in [-0.4, -0.2) is 56.5 Å². The summed E-state index contributed by atoms with van der Waals surface area (Å²) in [5, 5.41) is 10.6. The lowest BCUT2D eigenvalue weighted by atomic mass is 10.1. The summed E-state index contributed by atoms with van der Waals surface area (Å²) in [5.41, 5.74) is 2.81. The Kier molecular flexibility index (Phi) is 4.47. The second-order valence-corrected chi connectivity index (χ2v) is 6.42. The molecule has 0 saturated carbocycles. The topological polar surface area (TPSA) is 157 Å². The minimum atomic E-state index is -4.20. The first kappa shape index (κ1) is 16.1. The summed E-state index contributed by atoms with van der Waals surface area (Å²) in [4.78, 5) is 32.8. The van der Waals surface area contributed by atoms with Crippen LogP contribution < -0.4 is 11.4 Å². The van der Waals surface area contributed by atoms with E-state index in [-0.39, 0.29) is 25.6 Å². The zero-order valence-corrected chi connectivity index (χ0v) is 11.8. The molecule has 2 heterocycles. The molecule has 0 amide bonds. The molecule has 2 rings (SSSR count). The van der Waals surface area contributed by atoms with Gasteiger partial charge in [-0.05, 0) is 6.07 Å². The fraction of sp³-hybridized carbons (Fsp3) is 0.600. The molecular formula is C10H16N3O7P. The molecule has 0 bridgehead atoms. The SMILES string of the molecule is Nc1ccn(C2(O)COC[C@@H]2OCCP(=O)(O)O)c(=O)n1. The van der Waals surface area contributed by atoms with Crippen LogP contribution in [-0.2, 0) is 19.8 Å². The van der Waals surface area contributed by atoms with Crippen LogP contribution in [0, 0.1) is 0 Å². The molecule has 1 aromatic heterocycles. The van der Waals surface area contributed by atoms with E-state index >= 15 is 0 Å². The standard InChI is InChI=1S/C10H16N3O7P/c11-8-1-2-13(9(14)12-8)10(15)6-19-5-7(10)20-3-4-21(16,17)18/h1-2,7,15H,3-6H2,(H2,11,12,14)(H2,16,17,18)/t7-,10?/m0/s1. The van der Waals surface area contributed by atoms with Gasteiger partial charge in [0, 0.05) is 6.20 Å². The van der Waals surface area contributed by atoms with E-state index in [1.54, 1.807) is 0 Å². The van der Waals surface area contributed by atoms with E-state index in [1.807, 2.05) is 0 Å². The molecule has 118 valence electrons. The number of hydrogen-bond acceptors (Lipinski definition) is 7. The van der Waals surface area contributed by atoms with Gasteiger partial charge < -0.3 is 30.1 Å². The van der Waals surface area contributed by atoms with Gasteiger partial charge in [0.2, 0.25) is 0 Å². The van der Waals surface area contributed by atoms with E-state index in [1.165, 1.54) is 12.3 Å². The zero-order chi connectivity index (χ0) is 15.7. The monoisotopic (exact) mass is 321 g/mol. The summed E-state index contributed by atoms with van der Waals surface area (Å²) in [5.74, 6) is 0.0118. The van der Waals surface area contributed by atoms with Crippen LogP contribution in [0.4, 0.5) is 5.82 Å². The van der Waals surface area contributed by atoms with Gasteiger partial charge in [-0.3, -0.25) is 9.13 Å². The molecule has 2 atom stereocenters. The molecule has 21 heavy (non-hydrogen) atoms. The molecule has 1 fully saturated rings. The van der Waals surface area contributed by atoms with Crippen molar-refractivity contribution in [1.29, 1.82) is 0 Å². The van der Waals surface area contributed by atoms with E-state index < -0.39 is 31.3 Å². The number of ether oxygens (including phenoxy) is 2. The van der Waals surface area contributed by atoms with Gasteiger partial charge in [-0.25, -0.2) is 4.79 Å². The van der Waals surface area contributed by atoms with Crippen molar-refractivity contribution in [3.63, 3.8) is 0 Å². The highest BCUT2D eigenvalue weighted by atomic mass is 31.2. The lowest BCUT2D eigenvalue weighted by Crippen LogP contribution is -2.51. The van der Waals surface area contributed by atoms with Crippen LogP contribution in [0.2, 0.25) is 0 Å². The van der Waals surface area contributed by atoms with E-state index in [4.69, 9.17) is 25.0 Å². The Morgan fingerprint density at radius 1 is 1.62 bits per heavy atom. The van der Waals surface area contributed by atoms with E-state index in [2.05, 4.69) is 4.98 Å². The predicted octanol–water partition coefficient (Wildman–Crippen LogP) is -1.94. The van der Waals surface area contributed by atoms with Crippen LogP contribution >= 0.6 is 7.60 Å². The molecule has 0 radical (unpaired) electrons. The number of nitrogen functional groups attached to an aromatic ring is 1. The van der Waals surface area contributed by atoms with Gasteiger partial charge in [-0.1, -0.05) is 0 Å². The van der Waals surface area contributed by atoms with Crippen LogP contribution in [0.25, 0.3) is 0 Å². The third-order valence-corrected chi connectivity index (χ3v) is 3.81. The number of anilines is 1. The van der Waals surface area contributed by atoms with Gasteiger partial charge in [-0.15, -0.1) is 0 Å². The number of nitrogens with zero attached hydrogens (tertiary/aromatic N) is 2. The molecule has 5 N–H and O–H groups in total. The molecule has 0 aromatic carbocycles. The summed E-state index contributed by atoms with van der Waals surface area (Å²) < 4.78 is 22.1. The van der Waals surface area contributed by atoms with Crippen molar-refractivity contribution in [2.24, 2.45) is 0 Å². The van der Waals surface area contributed by atoms with Crippen molar-refractivity contribution in [3.8, 4) is 0 Å². The van der Waals surface area contributed by atoms with Gasteiger partial charge in [-0.2, -0.15) is 4.98 Å². The Hall–Kier alpha value is -1.29. The maximum Gasteiger partial charge on any atom is 0.351 e. The highest BCUT2D eigenvalue weighted by Crippen LogP contribution is 2.34. The van der Waals surface area contributed by atoms with Crippen molar-refractivity contribution >= 4 is 13.4 Å². The maximum atomic E-state index is 11.8. The van der Waals surface area contributed by atoms with Crippen molar-refractivity contribution < 1.29 is 28.9 Å². The average Bonchev–Trinajstić information content (AvgIpc) is 2.70. The fourth-order valence-electron chi connectivity index (χ4n) is 1.97. The first-order chi connectivity index (χ1) is 9.72. The second kappa shape index (κ2) is 5.84. The molecule has 1 unspecified atom stereocenters. The fourth-order valence-corrected chi connectivity index (χ4v) is 2.32. The van der Waals surface area contributed by atoms with E-state index in [0.717, 1.165) is 4.57 Å². The number of nitrogens with two attached hydrogens (primary N) is 1. The summed E-state index contributed by atoms with van der Waals surface area (Å²) in [7, 11) is -4.20. The number of hydrogen-bond donors (Lipinski definition) is 4. The Bertz CT molecular complexity index is 615. The predicted molar refractivity (Wildman–Crippen MR) is 70.6 cm³/mol. The van der Waals surface area contributed by atoms with Crippen molar-refractivity contribution in [2.45, 2.75) is 11.8 Å². The summed E-state index contributed by atoms with van der Waals surface area (Å²) in [6, 6.07) is 1.34. The molecule has 1 aliphatic rings. The Labute approximate surface area is 119 Å². The first-order valence-corrected chi connectivity index (χ1v) is 7.84. The Morgan fingerprint density at radius 3 is 2.95 bits per heavy atom. The van der Waals surface area contributed by atoms with Gasteiger partial charge >= 0.3 is 13.3 Å². The average molecular weight is 321 g/mol. The molecule has 1 aliphatic heterocycles. The molecule has 0 aliphatic carbocycles. The van der Waals surface area contributed by atoms with Crippen molar-refractivity contribution in [2.75, 3.05) is 31.7 Å². The van der Waals surface area contributed by atoms with E-state index in [9.17, 15) is 14.5 Å². The summed E-state index contributed by atoms with van der Waals surface area (Å²) in [6.07, 6.45) is -0.181. The van der Waals surface area contributed by atoms with Gasteiger partial charge in [0.1, 0.15) is 11.9 Å². The van der Waals surface area contributed by atoms with E-state index in [0.29, 0.717) is 0 Å². The smallest absolute Gasteiger partial charge is 0.351 e. The van der Waals surface area contributed by atoms with Crippen LogP contribution in [0.3, 0.4) is 0 Å². The van der Waals surface area contributed by atoms with Crippen molar-refractivity contribution in [1.82, 2.24) is 9.55 Å². The second-order valence-electron chi connectivity index (χ2n) is 4.65. The summed E-state index contributed by atoms with van der Waals surface area (Å²) in [6.45, 7) is -0.509. The molecule has 10 nitrogen and oxygen atoms in total. The Balaban J connectivity index is 2.16. The largest absolute Gasteiger partial charge is 0.383 e. The van der Waals surface area contributed by atoms with Crippen LogP contribution in [0.15, 0.2) is 17.1 Å². The highest BCUT2D eigenvalue weighted by Gasteiger charge is 2.46. The van der Waals surface area contributed by atoms with Gasteiger partial charge in [0.15, 0.2) is 5.72 Å². The van der Waals surface area contributed by atoms with Crippen LogP contribution in [0.5, 0.6) is 0 Å².